The third-order valence-corrected chi connectivity index (χ3v) is 5.19. The van der Waals surface area contributed by atoms with Crippen LogP contribution in [-0.2, 0) is 12.0 Å². The Balaban J connectivity index is 1.79. The minimum absolute atomic E-state index is 0.197. The molecule has 0 radical (unpaired) electrons. The average Bonchev–Trinajstić information content (AvgIpc) is 2.94. The first-order valence-electron chi connectivity index (χ1n) is 7.96. The maximum Gasteiger partial charge on any atom is 0.321 e. The summed E-state index contributed by atoms with van der Waals surface area (Å²) in [5.41, 5.74) is 0.931. The second kappa shape index (κ2) is 6.78. The molecule has 1 aliphatic rings. The standard InChI is InChI=1S/C17H21N3O3S/c1-3-13-11(2)24-16(18-13)19-15(22)20-17(10-21)8-9-23-14-7-5-4-6-12(14)17/h4-7,21H,3,8-10H2,1-2H3,(H2,18,19,20,22)/t17-/m1/s1. The first-order chi connectivity index (χ1) is 11.6. The molecule has 7 heteroatoms. The number of urea groups is 1. The predicted molar refractivity (Wildman–Crippen MR) is 93.7 cm³/mol. The average molecular weight is 347 g/mol. The first kappa shape index (κ1) is 16.7. The van der Waals surface area contributed by atoms with Gasteiger partial charge in [0.05, 0.1) is 24.4 Å². The summed E-state index contributed by atoms with van der Waals surface area (Å²) in [4.78, 5) is 18.0. The number of aliphatic hydroxyl groups excluding tert-OH is 1. The van der Waals surface area contributed by atoms with E-state index in [1.807, 2.05) is 38.1 Å². The highest BCUT2D eigenvalue weighted by atomic mass is 32.1. The lowest BCUT2D eigenvalue weighted by Crippen LogP contribution is -2.52. The van der Waals surface area contributed by atoms with Gasteiger partial charge in [-0.2, -0.15) is 0 Å². The van der Waals surface area contributed by atoms with Gasteiger partial charge in [0, 0.05) is 16.9 Å². The summed E-state index contributed by atoms with van der Waals surface area (Å²) >= 11 is 1.45. The minimum Gasteiger partial charge on any atom is -0.493 e. The molecule has 3 N–H and O–H groups in total. The van der Waals surface area contributed by atoms with Crippen molar-refractivity contribution in [3.05, 3.63) is 40.4 Å². The summed E-state index contributed by atoms with van der Waals surface area (Å²) < 4.78 is 5.62. The van der Waals surface area contributed by atoms with Crippen LogP contribution in [0, 0.1) is 6.92 Å². The Morgan fingerprint density at radius 1 is 1.46 bits per heavy atom. The number of anilines is 1. The van der Waals surface area contributed by atoms with Crippen LogP contribution in [0.4, 0.5) is 9.93 Å². The number of amides is 2. The fourth-order valence-electron chi connectivity index (χ4n) is 2.95. The van der Waals surface area contributed by atoms with Gasteiger partial charge in [0.15, 0.2) is 5.13 Å². The van der Waals surface area contributed by atoms with E-state index in [1.165, 1.54) is 11.3 Å². The summed E-state index contributed by atoms with van der Waals surface area (Å²) in [6.45, 7) is 4.27. The lowest BCUT2D eigenvalue weighted by molar-refractivity contribution is 0.115. The highest BCUT2D eigenvalue weighted by Crippen LogP contribution is 2.36. The van der Waals surface area contributed by atoms with E-state index in [9.17, 15) is 9.90 Å². The highest BCUT2D eigenvalue weighted by Gasteiger charge is 2.38. The molecule has 1 aliphatic heterocycles. The van der Waals surface area contributed by atoms with Crippen molar-refractivity contribution >= 4 is 22.5 Å². The number of benzene rings is 1. The van der Waals surface area contributed by atoms with E-state index in [4.69, 9.17) is 4.74 Å². The Morgan fingerprint density at radius 3 is 2.96 bits per heavy atom. The Labute approximate surface area is 144 Å². The molecule has 0 unspecified atom stereocenters. The Bertz CT molecular complexity index is 746. The molecule has 6 nitrogen and oxygen atoms in total. The van der Waals surface area contributed by atoms with Gasteiger partial charge in [0.2, 0.25) is 0 Å². The topological polar surface area (TPSA) is 83.5 Å². The van der Waals surface area contributed by atoms with Crippen LogP contribution in [0.1, 0.15) is 29.5 Å². The number of aromatic nitrogens is 1. The van der Waals surface area contributed by atoms with Gasteiger partial charge < -0.3 is 15.2 Å². The number of ether oxygens (including phenoxy) is 1. The molecule has 0 spiro atoms. The van der Waals surface area contributed by atoms with Crippen molar-refractivity contribution in [2.45, 2.75) is 32.2 Å². The molecule has 0 bridgehead atoms. The van der Waals surface area contributed by atoms with Crippen LogP contribution < -0.4 is 15.4 Å². The lowest BCUT2D eigenvalue weighted by Gasteiger charge is -2.37. The number of carbonyl (C=O) groups is 1. The van der Waals surface area contributed by atoms with E-state index in [0.29, 0.717) is 23.9 Å². The maximum absolute atomic E-state index is 12.5. The molecule has 1 aromatic heterocycles. The zero-order chi connectivity index (χ0) is 17.2. The molecule has 2 amide bonds. The number of thiazole rings is 1. The second-order valence-electron chi connectivity index (χ2n) is 5.79. The van der Waals surface area contributed by atoms with Crippen LogP contribution in [0.2, 0.25) is 0 Å². The van der Waals surface area contributed by atoms with E-state index in [0.717, 1.165) is 22.6 Å². The number of nitrogens with zero attached hydrogens (tertiary/aromatic N) is 1. The third kappa shape index (κ3) is 3.09. The van der Waals surface area contributed by atoms with Gasteiger partial charge in [0.1, 0.15) is 5.75 Å². The van der Waals surface area contributed by atoms with Crippen LogP contribution in [0.15, 0.2) is 24.3 Å². The van der Waals surface area contributed by atoms with Gasteiger partial charge in [-0.25, -0.2) is 9.78 Å². The van der Waals surface area contributed by atoms with Gasteiger partial charge >= 0.3 is 6.03 Å². The van der Waals surface area contributed by atoms with Crippen molar-refractivity contribution in [2.24, 2.45) is 0 Å². The number of aryl methyl sites for hydroxylation is 2. The molecule has 0 saturated heterocycles. The first-order valence-corrected chi connectivity index (χ1v) is 8.78. The van der Waals surface area contributed by atoms with Crippen LogP contribution >= 0.6 is 11.3 Å². The molecule has 0 aliphatic carbocycles. The molecular weight excluding hydrogens is 326 g/mol. The summed E-state index contributed by atoms with van der Waals surface area (Å²) in [7, 11) is 0. The van der Waals surface area contributed by atoms with Gasteiger partial charge in [0.25, 0.3) is 0 Å². The molecule has 0 saturated carbocycles. The summed E-state index contributed by atoms with van der Waals surface area (Å²) in [6, 6.07) is 7.08. The Hall–Kier alpha value is -2.12. The molecule has 0 fully saturated rings. The Morgan fingerprint density at radius 2 is 2.25 bits per heavy atom. The van der Waals surface area contributed by atoms with Crippen molar-refractivity contribution in [3.8, 4) is 5.75 Å². The maximum atomic E-state index is 12.5. The van der Waals surface area contributed by atoms with Gasteiger partial charge in [-0.1, -0.05) is 25.1 Å². The van der Waals surface area contributed by atoms with E-state index < -0.39 is 5.54 Å². The second-order valence-corrected chi connectivity index (χ2v) is 6.99. The third-order valence-electron chi connectivity index (χ3n) is 4.26. The molecular formula is C17H21N3O3S. The largest absolute Gasteiger partial charge is 0.493 e. The van der Waals surface area contributed by atoms with Crippen LogP contribution in [0.3, 0.4) is 0 Å². The number of rotatable bonds is 4. The number of hydrogen-bond acceptors (Lipinski definition) is 5. The molecule has 2 aromatic rings. The van der Waals surface area contributed by atoms with Crippen LogP contribution in [0.25, 0.3) is 0 Å². The molecule has 24 heavy (non-hydrogen) atoms. The fourth-order valence-corrected chi connectivity index (χ4v) is 3.84. The number of hydrogen-bond donors (Lipinski definition) is 3. The van der Waals surface area contributed by atoms with E-state index in [1.54, 1.807) is 0 Å². The van der Waals surface area contributed by atoms with E-state index >= 15 is 0 Å². The monoisotopic (exact) mass is 347 g/mol. The van der Waals surface area contributed by atoms with E-state index in [2.05, 4.69) is 15.6 Å². The fraction of sp³-hybridized carbons (Fsp3) is 0.412. The number of fused-ring (bicyclic) bond motifs is 1. The summed E-state index contributed by atoms with van der Waals surface area (Å²) in [5, 5.41) is 16.2. The zero-order valence-electron chi connectivity index (χ0n) is 13.8. The smallest absolute Gasteiger partial charge is 0.321 e. The predicted octanol–water partition coefficient (Wildman–Crippen LogP) is 2.81. The molecule has 1 atom stereocenters. The summed E-state index contributed by atoms with van der Waals surface area (Å²) in [5.74, 6) is 0.691. The normalized spacial score (nSPS) is 19.3. The van der Waals surface area contributed by atoms with Crippen molar-refractivity contribution in [1.82, 2.24) is 10.3 Å². The van der Waals surface area contributed by atoms with Gasteiger partial charge in [-0.15, -0.1) is 11.3 Å². The number of carbonyl (C=O) groups excluding carboxylic acids is 1. The van der Waals surface area contributed by atoms with E-state index in [-0.39, 0.29) is 12.6 Å². The van der Waals surface area contributed by atoms with Crippen LogP contribution in [-0.4, -0.2) is 29.3 Å². The highest BCUT2D eigenvalue weighted by molar-refractivity contribution is 7.15. The van der Waals surface area contributed by atoms with Crippen molar-refractivity contribution in [1.29, 1.82) is 0 Å². The number of aliphatic hydroxyl groups is 1. The molecule has 3 rings (SSSR count). The molecule has 128 valence electrons. The SMILES string of the molecule is CCc1nc(NC(=O)N[C@@]2(CO)CCOc3ccccc32)sc1C. The number of para-hydroxylation sites is 1. The van der Waals surface area contributed by atoms with Crippen molar-refractivity contribution < 1.29 is 14.6 Å². The van der Waals surface area contributed by atoms with Crippen molar-refractivity contribution in [2.75, 3.05) is 18.5 Å². The molecule has 2 heterocycles. The number of nitrogens with one attached hydrogen (secondary N) is 2. The minimum atomic E-state index is -0.848. The Kier molecular flexibility index (Phi) is 4.73. The van der Waals surface area contributed by atoms with Gasteiger partial charge in [-0.05, 0) is 19.4 Å². The lowest BCUT2D eigenvalue weighted by atomic mass is 9.85. The quantitative estimate of drug-likeness (QED) is 0.794. The molecule has 1 aromatic carbocycles. The summed E-state index contributed by atoms with van der Waals surface area (Å²) in [6.07, 6.45) is 1.34. The van der Waals surface area contributed by atoms with Crippen LogP contribution in [0.5, 0.6) is 5.75 Å². The van der Waals surface area contributed by atoms with Crippen molar-refractivity contribution in [3.63, 3.8) is 0 Å². The van der Waals surface area contributed by atoms with Gasteiger partial charge in [-0.3, -0.25) is 5.32 Å². The zero-order valence-corrected chi connectivity index (χ0v) is 14.6.